The number of anilines is 1. The highest BCUT2D eigenvalue weighted by molar-refractivity contribution is 8.00. The third-order valence-corrected chi connectivity index (χ3v) is 8.54. The van der Waals surface area contributed by atoms with E-state index in [0.29, 0.717) is 16.6 Å². The molecule has 2 aromatic heterocycles. The van der Waals surface area contributed by atoms with Crippen LogP contribution in [0.3, 0.4) is 0 Å². The number of thioether (sulfide) groups is 1. The minimum atomic E-state index is -0.586. The maximum absolute atomic E-state index is 13.5. The highest BCUT2D eigenvalue weighted by atomic mass is 32.2. The molecule has 0 aliphatic heterocycles. The molecular formula is C26H25N3O3S2. The van der Waals surface area contributed by atoms with Crippen LogP contribution in [0.1, 0.15) is 34.1 Å². The van der Waals surface area contributed by atoms with E-state index in [1.165, 1.54) is 22.2 Å². The van der Waals surface area contributed by atoms with Gasteiger partial charge in [0.25, 0.3) is 5.56 Å². The predicted molar refractivity (Wildman–Crippen MR) is 138 cm³/mol. The van der Waals surface area contributed by atoms with Gasteiger partial charge in [0.1, 0.15) is 15.8 Å². The van der Waals surface area contributed by atoms with E-state index in [1.807, 2.05) is 48.5 Å². The molecule has 174 valence electrons. The number of amides is 1. The molecule has 34 heavy (non-hydrogen) atoms. The normalized spacial score (nSPS) is 13.9. The van der Waals surface area contributed by atoms with E-state index in [0.717, 1.165) is 41.5 Å². The number of fused-ring (bicyclic) bond motifs is 3. The molecule has 0 spiro atoms. The Morgan fingerprint density at radius 1 is 1.15 bits per heavy atom. The maximum Gasteiger partial charge on any atom is 0.262 e. The number of nitrogens with one attached hydrogen (secondary N) is 1. The molecule has 0 saturated carbocycles. The largest absolute Gasteiger partial charge is 0.497 e. The number of aryl methyl sites for hydroxylation is 2. The summed E-state index contributed by atoms with van der Waals surface area (Å²) in [7, 11) is 3.33. The van der Waals surface area contributed by atoms with Crippen LogP contribution in [0.25, 0.3) is 10.2 Å². The van der Waals surface area contributed by atoms with Gasteiger partial charge in [-0.05, 0) is 48.9 Å². The van der Waals surface area contributed by atoms with Gasteiger partial charge in [-0.15, -0.1) is 11.3 Å². The van der Waals surface area contributed by atoms with Crippen LogP contribution in [0, 0.1) is 0 Å². The van der Waals surface area contributed by atoms with Gasteiger partial charge in [-0.1, -0.05) is 48.2 Å². The van der Waals surface area contributed by atoms with Crippen LogP contribution in [0.15, 0.2) is 64.5 Å². The number of methoxy groups -OCH3 is 1. The van der Waals surface area contributed by atoms with Gasteiger partial charge in [-0.25, -0.2) is 4.98 Å². The Morgan fingerprint density at radius 2 is 1.94 bits per heavy atom. The Balaban J connectivity index is 1.52. The van der Waals surface area contributed by atoms with Gasteiger partial charge in [-0.2, -0.15) is 0 Å². The molecule has 6 nitrogen and oxygen atoms in total. The molecule has 2 heterocycles. The first kappa shape index (κ1) is 22.7. The standard InChI is InChI=1S/C26H25N3O3S2/c1-29-25(31)21-19-13-6-7-14-20(19)33-24(21)28-26(29)34-22(16-9-4-3-5-10-16)23(30)27-17-11-8-12-18(15-17)32-2/h3-5,8-12,15,22H,6-7,13-14H2,1-2H3,(H,27,30)/t22-/m1/s1. The first-order chi connectivity index (χ1) is 16.5. The summed E-state index contributed by atoms with van der Waals surface area (Å²) < 4.78 is 6.86. The summed E-state index contributed by atoms with van der Waals surface area (Å²) in [4.78, 5) is 33.7. The van der Waals surface area contributed by atoms with Gasteiger partial charge >= 0.3 is 0 Å². The molecule has 1 amide bonds. The van der Waals surface area contributed by atoms with Crippen LogP contribution in [-0.4, -0.2) is 22.6 Å². The number of hydrogen-bond acceptors (Lipinski definition) is 6. The molecule has 1 N–H and O–H groups in total. The van der Waals surface area contributed by atoms with Crippen molar-refractivity contribution in [3.05, 3.63) is 81.0 Å². The van der Waals surface area contributed by atoms with Crippen molar-refractivity contribution in [1.82, 2.24) is 9.55 Å². The number of thiophene rings is 1. The summed E-state index contributed by atoms with van der Waals surface area (Å²) in [5.74, 6) is 0.474. The average Bonchev–Trinajstić information content (AvgIpc) is 3.24. The van der Waals surface area contributed by atoms with Crippen molar-refractivity contribution >= 4 is 44.9 Å². The first-order valence-corrected chi connectivity index (χ1v) is 12.9. The number of rotatable bonds is 6. The summed E-state index contributed by atoms with van der Waals surface area (Å²) in [6.07, 6.45) is 4.22. The van der Waals surface area contributed by atoms with Gasteiger partial charge in [0.2, 0.25) is 5.91 Å². The fourth-order valence-corrected chi connectivity index (χ4v) is 6.65. The monoisotopic (exact) mass is 491 g/mol. The van der Waals surface area contributed by atoms with Gasteiger partial charge in [-0.3, -0.25) is 14.2 Å². The molecule has 1 atom stereocenters. The van der Waals surface area contributed by atoms with Crippen LogP contribution in [0.2, 0.25) is 0 Å². The summed E-state index contributed by atoms with van der Waals surface area (Å²) in [6, 6.07) is 16.8. The topological polar surface area (TPSA) is 73.2 Å². The van der Waals surface area contributed by atoms with Crippen LogP contribution in [0.4, 0.5) is 5.69 Å². The van der Waals surface area contributed by atoms with Gasteiger partial charge in [0.15, 0.2) is 5.16 Å². The van der Waals surface area contributed by atoms with Crippen molar-refractivity contribution in [2.24, 2.45) is 7.05 Å². The van der Waals surface area contributed by atoms with E-state index in [-0.39, 0.29) is 11.5 Å². The predicted octanol–water partition coefficient (Wildman–Crippen LogP) is 5.35. The minimum absolute atomic E-state index is 0.0353. The zero-order valence-corrected chi connectivity index (χ0v) is 20.7. The number of benzene rings is 2. The van der Waals surface area contributed by atoms with E-state index in [4.69, 9.17) is 9.72 Å². The number of hydrogen-bond donors (Lipinski definition) is 1. The molecule has 5 rings (SSSR count). The summed E-state index contributed by atoms with van der Waals surface area (Å²) in [5, 5.41) is 3.69. The first-order valence-electron chi connectivity index (χ1n) is 11.2. The fourth-order valence-electron chi connectivity index (χ4n) is 4.29. The number of nitrogens with zero attached hydrogens (tertiary/aromatic N) is 2. The molecule has 0 bridgehead atoms. The van der Waals surface area contributed by atoms with E-state index in [9.17, 15) is 9.59 Å². The van der Waals surface area contributed by atoms with Crippen molar-refractivity contribution in [3.8, 4) is 5.75 Å². The lowest BCUT2D eigenvalue weighted by molar-refractivity contribution is -0.115. The van der Waals surface area contributed by atoms with Gasteiger partial charge in [0, 0.05) is 23.7 Å². The van der Waals surface area contributed by atoms with Crippen LogP contribution in [0.5, 0.6) is 5.75 Å². The number of ether oxygens (including phenoxy) is 1. The van der Waals surface area contributed by atoms with Crippen molar-refractivity contribution in [2.45, 2.75) is 36.1 Å². The number of aromatic nitrogens is 2. The SMILES string of the molecule is COc1cccc(NC(=O)[C@H](Sc2nc3sc4c(c3c(=O)n2C)CCCC4)c2ccccc2)c1. The highest BCUT2D eigenvalue weighted by Gasteiger charge is 2.27. The second kappa shape index (κ2) is 9.64. The van der Waals surface area contributed by atoms with E-state index in [2.05, 4.69) is 5.32 Å². The molecule has 0 radical (unpaired) electrons. The van der Waals surface area contributed by atoms with E-state index >= 15 is 0 Å². The third-order valence-electron chi connectivity index (χ3n) is 6.06. The zero-order chi connectivity index (χ0) is 23.7. The maximum atomic E-state index is 13.5. The lowest BCUT2D eigenvalue weighted by Crippen LogP contribution is -2.23. The molecule has 0 fully saturated rings. The second-order valence-corrected chi connectivity index (χ2v) is 10.4. The molecule has 2 aromatic carbocycles. The molecule has 0 unspecified atom stereocenters. The summed E-state index contributed by atoms with van der Waals surface area (Å²) >= 11 is 2.92. The van der Waals surface area contributed by atoms with E-state index < -0.39 is 5.25 Å². The molecule has 8 heteroatoms. The van der Waals surface area contributed by atoms with Crippen LogP contribution < -0.4 is 15.6 Å². The Kier molecular flexibility index (Phi) is 6.43. The number of carbonyl (C=O) groups is 1. The fraction of sp³-hybridized carbons (Fsp3) is 0.269. The quantitative estimate of drug-likeness (QED) is 0.291. The zero-order valence-electron chi connectivity index (χ0n) is 19.0. The van der Waals surface area contributed by atoms with Gasteiger partial charge in [0.05, 0.1) is 12.5 Å². The Morgan fingerprint density at radius 3 is 2.74 bits per heavy atom. The Hall–Kier alpha value is -3.10. The highest BCUT2D eigenvalue weighted by Crippen LogP contribution is 2.38. The third kappa shape index (κ3) is 4.35. The smallest absolute Gasteiger partial charge is 0.262 e. The molecule has 1 aliphatic rings. The molecule has 1 aliphatic carbocycles. The van der Waals surface area contributed by atoms with Crippen molar-refractivity contribution in [3.63, 3.8) is 0 Å². The van der Waals surface area contributed by atoms with Crippen molar-refractivity contribution in [1.29, 1.82) is 0 Å². The molecule has 4 aromatic rings. The summed E-state index contributed by atoms with van der Waals surface area (Å²) in [5.41, 5.74) is 2.63. The number of carbonyl (C=O) groups excluding carboxylic acids is 1. The average molecular weight is 492 g/mol. The van der Waals surface area contributed by atoms with Gasteiger partial charge < -0.3 is 10.1 Å². The molecule has 0 saturated heterocycles. The van der Waals surface area contributed by atoms with Crippen LogP contribution >= 0.6 is 23.1 Å². The lowest BCUT2D eigenvalue weighted by Gasteiger charge is -2.18. The van der Waals surface area contributed by atoms with Crippen LogP contribution in [-0.2, 0) is 24.7 Å². The van der Waals surface area contributed by atoms with E-state index in [1.54, 1.807) is 36.1 Å². The second-order valence-electron chi connectivity index (χ2n) is 8.28. The Labute approximate surface area is 206 Å². The minimum Gasteiger partial charge on any atom is -0.497 e. The molecular weight excluding hydrogens is 466 g/mol. The Bertz CT molecular complexity index is 1410. The summed E-state index contributed by atoms with van der Waals surface area (Å²) in [6.45, 7) is 0. The lowest BCUT2D eigenvalue weighted by atomic mass is 9.97. The van der Waals surface area contributed by atoms with Crippen molar-refractivity contribution in [2.75, 3.05) is 12.4 Å². The van der Waals surface area contributed by atoms with Crippen molar-refractivity contribution < 1.29 is 9.53 Å².